The van der Waals surface area contributed by atoms with Crippen LogP contribution in [0.3, 0.4) is 0 Å². The van der Waals surface area contributed by atoms with Crippen LogP contribution in [-0.4, -0.2) is 21.4 Å². The monoisotopic (exact) mass is 168 g/mol. The zero-order chi connectivity index (χ0) is 9.14. The van der Waals surface area contributed by atoms with Crippen LogP contribution in [-0.2, 0) is 6.42 Å². The molecule has 1 atom stereocenters. The third-order valence-corrected chi connectivity index (χ3v) is 1.49. The number of phenolic OH excluding ortho intramolecular Hbond substituents is 2. The molecule has 0 aliphatic carbocycles. The van der Waals surface area contributed by atoms with Gasteiger partial charge in [-0.3, -0.25) is 0 Å². The summed E-state index contributed by atoms with van der Waals surface area (Å²) in [6, 6.07) is 4.30. The highest BCUT2D eigenvalue weighted by molar-refractivity contribution is 5.36. The van der Waals surface area contributed by atoms with Gasteiger partial charge in [0.15, 0.2) is 0 Å². The van der Waals surface area contributed by atoms with Gasteiger partial charge in [0.25, 0.3) is 0 Å². The second-order valence-electron chi connectivity index (χ2n) is 2.91. The van der Waals surface area contributed by atoms with E-state index in [1.54, 1.807) is 6.92 Å². The van der Waals surface area contributed by atoms with Gasteiger partial charge in [-0.25, -0.2) is 0 Å². The number of aromatic hydroxyl groups is 2. The van der Waals surface area contributed by atoms with Crippen LogP contribution >= 0.6 is 0 Å². The molecule has 0 aromatic heterocycles. The van der Waals surface area contributed by atoms with Crippen molar-refractivity contribution in [3.8, 4) is 11.5 Å². The molecule has 0 spiro atoms. The lowest BCUT2D eigenvalue weighted by Gasteiger charge is -2.05. The number of hydrogen-bond acceptors (Lipinski definition) is 3. The molecule has 0 radical (unpaired) electrons. The maximum atomic E-state index is 9.07. The SMILES string of the molecule is CC(O)Cc1cc(O)cc(O)c1. The molecular formula is C9H12O3. The first-order chi connectivity index (χ1) is 5.58. The molecule has 3 nitrogen and oxygen atoms in total. The Kier molecular flexibility index (Phi) is 2.55. The van der Waals surface area contributed by atoms with Crippen molar-refractivity contribution in [1.29, 1.82) is 0 Å². The largest absolute Gasteiger partial charge is 0.508 e. The summed E-state index contributed by atoms with van der Waals surface area (Å²) in [7, 11) is 0. The van der Waals surface area contributed by atoms with E-state index in [1.807, 2.05) is 0 Å². The molecule has 0 bridgehead atoms. The van der Waals surface area contributed by atoms with Gasteiger partial charge in [0.1, 0.15) is 11.5 Å². The summed E-state index contributed by atoms with van der Waals surface area (Å²) < 4.78 is 0. The van der Waals surface area contributed by atoms with Crippen LogP contribution in [0.25, 0.3) is 0 Å². The van der Waals surface area contributed by atoms with Crippen LogP contribution in [0.5, 0.6) is 11.5 Å². The van der Waals surface area contributed by atoms with E-state index in [4.69, 9.17) is 15.3 Å². The third-order valence-electron chi connectivity index (χ3n) is 1.49. The lowest BCUT2D eigenvalue weighted by Crippen LogP contribution is -2.03. The lowest BCUT2D eigenvalue weighted by molar-refractivity contribution is 0.195. The van der Waals surface area contributed by atoms with Crippen molar-refractivity contribution >= 4 is 0 Å². The van der Waals surface area contributed by atoms with Crippen molar-refractivity contribution in [2.75, 3.05) is 0 Å². The number of aliphatic hydroxyl groups is 1. The van der Waals surface area contributed by atoms with E-state index in [2.05, 4.69) is 0 Å². The molecule has 1 rings (SSSR count). The summed E-state index contributed by atoms with van der Waals surface area (Å²) in [5.41, 5.74) is 0.725. The van der Waals surface area contributed by atoms with Crippen molar-refractivity contribution < 1.29 is 15.3 Å². The van der Waals surface area contributed by atoms with Gasteiger partial charge in [0, 0.05) is 6.07 Å². The Morgan fingerprint density at radius 1 is 1.17 bits per heavy atom. The maximum Gasteiger partial charge on any atom is 0.119 e. The molecule has 0 heterocycles. The van der Waals surface area contributed by atoms with Gasteiger partial charge in [0.05, 0.1) is 6.10 Å². The zero-order valence-corrected chi connectivity index (χ0v) is 6.86. The van der Waals surface area contributed by atoms with Gasteiger partial charge >= 0.3 is 0 Å². The highest BCUT2D eigenvalue weighted by Gasteiger charge is 2.02. The first-order valence-electron chi connectivity index (χ1n) is 3.78. The molecule has 66 valence electrons. The van der Waals surface area contributed by atoms with Crippen LogP contribution < -0.4 is 0 Å². The Labute approximate surface area is 70.9 Å². The summed E-state index contributed by atoms with van der Waals surface area (Å²) in [5, 5.41) is 27.2. The van der Waals surface area contributed by atoms with E-state index in [0.717, 1.165) is 5.56 Å². The minimum absolute atomic E-state index is 0.0191. The van der Waals surface area contributed by atoms with Gasteiger partial charge in [0.2, 0.25) is 0 Å². The third kappa shape index (κ3) is 2.43. The molecule has 0 saturated carbocycles. The predicted molar refractivity (Wildman–Crippen MR) is 45.2 cm³/mol. The summed E-state index contributed by atoms with van der Waals surface area (Å²) in [6.07, 6.45) is -0.0340. The average molecular weight is 168 g/mol. The molecule has 12 heavy (non-hydrogen) atoms. The molecule has 1 aromatic rings. The first kappa shape index (κ1) is 8.87. The van der Waals surface area contributed by atoms with Crippen molar-refractivity contribution in [1.82, 2.24) is 0 Å². The van der Waals surface area contributed by atoms with Crippen LogP contribution in [0.1, 0.15) is 12.5 Å². The van der Waals surface area contributed by atoms with Gasteiger partial charge in [-0.2, -0.15) is 0 Å². The van der Waals surface area contributed by atoms with Gasteiger partial charge in [-0.15, -0.1) is 0 Å². The molecule has 1 aromatic carbocycles. The summed E-state index contributed by atoms with van der Waals surface area (Å²) in [6.45, 7) is 1.65. The number of phenols is 2. The minimum Gasteiger partial charge on any atom is -0.508 e. The second kappa shape index (κ2) is 3.45. The predicted octanol–water partition coefficient (Wildman–Crippen LogP) is 1.02. The Hall–Kier alpha value is -1.22. The number of aliphatic hydroxyl groups excluding tert-OH is 1. The number of benzene rings is 1. The second-order valence-corrected chi connectivity index (χ2v) is 2.91. The molecule has 3 N–H and O–H groups in total. The Balaban J connectivity index is 2.85. The molecular weight excluding hydrogens is 156 g/mol. The van der Waals surface area contributed by atoms with Crippen molar-refractivity contribution in [3.63, 3.8) is 0 Å². The fraction of sp³-hybridized carbons (Fsp3) is 0.333. The zero-order valence-electron chi connectivity index (χ0n) is 6.86. The van der Waals surface area contributed by atoms with E-state index in [1.165, 1.54) is 18.2 Å². The van der Waals surface area contributed by atoms with Crippen LogP contribution in [0.15, 0.2) is 18.2 Å². The molecule has 0 aliphatic heterocycles. The Morgan fingerprint density at radius 3 is 2.08 bits per heavy atom. The van der Waals surface area contributed by atoms with Crippen LogP contribution in [0.2, 0.25) is 0 Å². The molecule has 1 unspecified atom stereocenters. The van der Waals surface area contributed by atoms with Crippen molar-refractivity contribution in [3.05, 3.63) is 23.8 Å². The van der Waals surface area contributed by atoms with E-state index < -0.39 is 6.10 Å². The van der Waals surface area contributed by atoms with E-state index >= 15 is 0 Å². The normalized spacial score (nSPS) is 12.8. The Bertz CT molecular complexity index is 248. The number of rotatable bonds is 2. The molecule has 3 heteroatoms. The molecule has 0 amide bonds. The minimum atomic E-state index is -0.466. The average Bonchev–Trinajstić information content (AvgIpc) is 1.81. The van der Waals surface area contributed by atoms with Crippen molar-refractivity contribution in [2.24, 2.45) is 0 Å². The standard InChI is InChI=1S/C9H12O3/c1-6(10)2-7-3-8(11)5-9(12)4-7/h3-6,10-12H,2H2,1H3. The highest BCUT2D eigenvalue weighted by atomic mass is 16.3. The maximum absolute atomic E-state index is 9.07. The van der Waals surface area contributed by atoms with E-state index in [-0.39, 0.29) is 11.5 Å². The van der Waals surface area contributed by atoms with E-state index in [0.29, 0.717) is 6.42 Å². The topological polar surface area (TPSA) is 60.7 Å². The summed E-state index contributed by atoms with van der Waals surface area (Å²) in [4.78, 5) is 0. The fourth-order valence-corrected chi connectivity index (χ4v) is 1.12. The summed E-state index contributed by atoms with van der Waals surface area (Å²) >= 11 is 0. The molecule has 0 saturated heterocycles. The van der Waals surface area contributed by atoms with Gasteiger partial charge in [-0.05, 0) is 31.0 Å². The van der Waals surface area contributed by atoms with E-state index in [9.17, 15) is 0 Å². The van der Waals surface area contributed by atoms with Gasteiger partial charge in [-0.1, -0.05) is 0 Å². The first-order valence-corrected chi connectivity index (χ1v) is 3.78. The number of hydrogen-bond donors (Lipinski definition) is 3. The molecule has 0 aliphatic rings. The molecule has 0 fully saturated rings. The van der Waals surface area contributed by atoms with Crippen LogP contribution in [0, 0.1) is 0 Å². The lowest BCUT2D eigenvalue weighted by atomic mass is 10.1. The Morgan fingerprint density at radius 2 is 1.67 bits per heavy atom. The van der Waals surface area contributed by atoms with Crippen molar-refractivity contribution in [2.45, 2.75) is 19.4 Å². The highest BCUT2D eigenvalue weighted by Crippen LogP contribution is 2.21. The van der Waals surface area contributed by atoms with Crippen LogP contribution in [0.4, 0.5) is 0 Å². The fourth-order valence-electron chi connectivity index (χ4n) is 1.12. The summed E-state index contributed by atoms with van der Waals surface area (Å²) in [5.74, 6) is 0.0382. The van der Waals surface area contributed by atoms with Gasteiger partial charge < -0.3 is 15.3 Å². The quantitative estimate of drug-likeness (QED) is 0.618. The smallest absolute Gasteiger partial charge is 0.119 e.